The summed E-state index contributed by atoms with van der Waals surface area (Å²) in [6.07, 6.45) is 5.43. The van der Waals surface area contributed by atoms with Gasteiger partial charge in [0.15, 0.2) is 0 Å². The highest BCUT2D eigenvalue weighted by molar-refractivity contribution is 5.90. The average Bonchev–Trinajstić information content (AvgIpc) is 2.59. The molecule has 0 bridgehead atoms. The number of amides is 2. The third-order valence-corrected chi connectivity index (χ3v) is 5.28. The number of nitrogens with zero attached hydrogens (tertiary/aromatic N) is 2. The Kier molecular flexibility index (Phi) is 9.30. The van der Waals surface area contributed by atoms with Gasteiger partial charge < -0.3 is 15.3 Å². The fourth-order valence-electron chi connectivity index (χ4n) is 3.63. The molecule has 0 aromatic rings. The first kappa shape index (κ1) is 22.6. The second-order valence-corrected chi connectivity index (χ2v) is 7.83. The molecule has 26 heavy (non-hydrogen) atoms. The van der Waals surface area contributed by atoms with Crippen LogP contribution >= 0.6 is 0 Å². The minimum atomic E-state index is -0.918. The maximum Gasteiger partial charge on any atom is 0.245 e. The van der Waals surface area contributed by atoms with Gasteiger partial charge >= 0.3 is 0 Å². The summed E-state index contributed by atoms with van der Waals surface area (Å²) in [5, 5.41) is 13.8. The molecular weight excluding hydrogens is 330 g/mol. The van der Waals surface area contributed by atoms with Gasteiger partial charge in [-0.2, -0.15) is 0 Å². The van der Waals surface area contributed by atoms with Crippen molar-refractivity contribution in [2.45, 2.75) is 65.1 Å². The molecule has 150 valence electrons. The summed E-state index contributed by atoms with van der Waals surface area (Å²) in [6.45, 7) is 9.25. The van der Waals surface area contributed by atoms with Crippen molar-refractivity contribution in [3.63, 3.8) is 0 Å². The van der Waals surface area contributed by atoms with Crippen molar-refractivity contribution in [2.24, 2.45) is 11.8 Å². The number of nitrogens with one attached hydrogen (secondary N) is 1. The molecule has 4 atom stereocenters. The number of rotatable bonds is 5. The lowest BCUT2D eigenvalue weighted by Crippen LogP contribution is -2.59. The summed E-state index contributed by atoms with van der Waals surface area (Å²) in [7, 11) is 3.60. The summed E-state index contributed by atoms with van der Waals surface area (Å²) >= 11 is 0. The van der Waals surface area contributed by atoms with Crippen LogP contribution in [0.25, 0.3) is 0 Å². The zero-order valence-electron chi connectivity index (χ0n) is 17.2. The second kappa shape index (κ2) is 10.7. The highest BCUT2D eigenvalue weighted by atomic mass is 16.3. The number of carbonyl (C=O) groups is 2. The average molecular weight is 368 g/mol. The predicted molar refractivity (Wildman–Crippen MR) is 105 cm³/mol. The Morgan fingerprint density at radius 3 is 2.42 bits per heavy atom. The van der Waals surface area contributed by atoms with Crippen molar-refractivity contribution in [3.05, 3.63) is 12.2 Å². The van der Waals surface area contributed by atoms with Crippen LogP contribution in [-0.4, -0.2) is 72.1 Å². The highest BCUT2D eigenvalue weighted by Crippen LogP contribution is 2.21. The number of hydrogen-bond donors (Lipinski definition) is 2. The van der Waals surface area contributed by atoms with Crippen molar-refractivity contribution in [1.29, 1.82) is 0 Å². The maximum absolute atomic E-state index is 13.2. The smallest absolute Gasteiger partial charge is 0.245 e. The summed E-state index contributed by atoms with van der Waals surface area (Å²) < 4.78 is 0. The SMILES string of the molecule is CC=CCC(C)C(O)C1C(=O)NCCCCN(C)C(C(C)C)C(=O)N1C. The van der Waals surface area contributed by atoms with Gasteiger partial charge in [0, 0.05) is 13.6 Å². The molecule has 1 heterocycles. The number of carbonyl (C=O) groups excluding carboxylic acids is 2. The number of likely N-dealkylation sites (N-methyl/N-ethyl adjacent to an activating group) is 2. The van der Waals surface area contributed by atoms with Crippen LogP contribution in [0.1, 0.15) is 47.0 Å². The summed E-state index contributed by atoms with van der Waals surface area (Å²) in [4.78, 5) is 29.5. The van der Waals surface area contributed by atoms with Crippen LogP contribution in [-0.2, 0) is 9.59 Å². The number of allylic oxidation sites excluding steroid dienone is 2. The fraction of sp³-hybridized carbons (Fsp3) is 0.800. The number of aliphatic hydroxyl groups excluding tert-OH is 1. The summed E-state index contributed by atoms with van der Waals surface area (Å²) in [5.74, 6) is -0.385. The van der Waals surface area contributed by atoms with Crippen molar-refractivity contribution in [3.8, 4) is 0 Å². The van der Waals surface area contributed by atoms with Crippen LogP contribution in [0.3, 0.4) is 0 Å². The van der Waals surface area contributed by atoms with E-state index < -0.39 is 12.1 Å². The van der Waals surface area contributed by atoms with E-state index in [1.807, 2.05) is 46.9 Å². The van der Waals surface area contributed by atoms with Gasteiger partial charge in [-0.05, 0) is 51.6 Å². The predicted octanol–water partition coefficient (Wildman–Crippen LogP) is 1.64. The van der Waals surface area contributed by atoms with E-state index in [0.29, 0.717) is 13.0 Å². The van der Waals surface area contributed by atoms with E-state index >= 15 is 0 Å². The van der Waals surface area contributed by atoms with E-state index in [2.05, 4.69) is 10.2 Å². The zero-order valence-corrected chi connectivity index (χ0v) is 17.2. The lowest BCUT2D eigenvalue weighted by atomic mass is 9.92. The number of hydrogen-bond acceptors (Lipinski definition) is 4. The van der Waals surface area contributed by atoms with E-state index in [-0.39, 0.29) is 29.7 Å². The Balaban J connectivity index is 3.17. The van der Waals surface area contributed by atoms with Crippen LogP contribution in [0.4, 0.5) is 0 Å². The van der Waals surface area contributed by atoms with Crippen LogP contribution in [0.15, 0.2) is 12.2 Å². The Hall–Kier alpha value is -1.40. The van der Waals surface area contributed by atoms with E-state index in [9.17, 15) is 14.7 Å². The van der Waals surface area contributed by atoms with Crippen molar-refractivity contribution < 1.29 is 14.7 Å². The third kappa shape index (κ3) is 5.81. The first-order valence-corrected chi connectivity index (χ1v) is 9.76. The van der Waals surface area contributed by atoms with Gasteiger partial charge in [0.1, 0.15) is 6.04 Å². The van der Waals surface area contributed by atoms with Gasteiger partial charge in [0.2, 0.25) is 11.8 Å². The molecule has 0 spiro atoms. The third-order valence-electron chi connectivity index (χ3n) is 5.28. The van der Waals surface area contributed by atoms with Gasteiger partial charge in [-0.1, -0.05) is 32.9 Å². The molecule has 0 aromatic carbocycles. The molecular formula is C20H37N3O3. The maximum atomic E-state index is 13.2. The lowest BCUT2D eigenvalue weighted by Gasteiger charge is -2.38. The minimum absolute atomic E-state index is 0.109. The lowest BCUT2D eigenvalue weighted by molar-refractivity contribution is -0.149. The van der Waals surface area contributed by atoms with Gasteiger partial charge in [-0.3, -0.25) is 14.5 Å². The topological polar surface area (TPSA) is 72.9 Å². The van der Waals surface area contributed by atoms with E-state index in [1.165, 1.54) is 4.90 Å². The van der Waals surface area contributed by atoms with E-state index in [4.69, 9.17) is 0 Å². The van der Waals surface area contributed by atoms with Crippen molar-refractivity contribution >= 4 is 11.8 Å². The van der Waals surface area contributed by atoms with Crippen LogP contribution in [0.5, 0.6) is 0 Å². The van der Waals surface area contributed by atoms with Gasteiger partial charge in [0.05, 0.1) is 12.1 Å². The highest BCUT2D eigenvalue weighted by Gasteiger charge is 2.39. The van der Waals surface area contributed by atoms with E-state index in [1.54, 1.807) is 7.05 Å². The Bertz CT molecular complexity index is 493. The zero-order chi connectivity index (χ0) is 19.9. The molecule has 0 saturated carbocycles. The van der Waals surface area contributed by atoms with Crippen LogP contribution in [0, 0.1) is 11.8 Å². The molecule has 0 aliphatic carbocycles. The van der Waals surface area contributed by atoms with Crippen LogP contribution < -0.4 is 5.32 Å². The molecule has 1 rings (SSSR count). The Morgan fingerprint density at radius 2 is 1.85 bits per heavy atom. The van der Waals surface area contributed by atoms with E-state index in [0.717, 1.165) is 19.4 Å². The van der Waals surface area contributed by atoms with Gasteiger partial charge in [-0.25, -0.2) is 0 Å². The summed E-state index contributed by atoms with van der Waals surface area (Å²) in [5.41, 5.74) is 0. The number of aliphatic hydroxyl groups is 1. The van der Waals surface area contributed by atoms with Gasteiger partial charge in [0.25, 0.3) is 0 Å². The normalized spacial score (nSPS) is 26.7. The first-order valence-electron chi connectivity index (χ1n) is 9.76. The molecule has 0 radical (unpaired) electrons. The second-order valence-electron chi connectivity index (χ2n) is 7.83. The minimum Gasteiger partial charge on any atom is -0.390 e. The molecule has 6 nitrogen and oxygen atoms in total. The monoisotopic (exact) mass is 367 g/mol. The Labute approximate surface area is 158 Å². The van der Waals surface area contributed by atoms with Crippen LogP contribution in [0.2, 0.25) is 0 Å². The molecule has 2 amide bonds. The molecule has 2 N–H and O–H groups in total. The molecule has 0 aromatic heterocycles. The summed E-state index contributed by atoms with van der Waals surface area (Å²) in [6, 6.07) is -1.18. The molecule has 1 aliphatic rings. The largest absolute Gasteiger partial charge is 0.390 e. The molecule has 1 fully saturated rings. The fourth-order valence-corrected chi connectivity index (χ4v) is 3.63. The molecule has 1 saturated heterocycles. The standard InChI is InChI=1S/C20H37N3O3/c1-7-8-11-15(4)18(24)17-19(25)21-12-9-10-13-22(5)16(14(2)3)20(26)23(17)6/h7-8,14-18,24H,9-13H2,1-6H3,(H,21,25). The van der Waals surface area contributed by atoms with Crippen molar-refractivity contribution in [1.82, 2.24) is 15.1 Å². The molecule has 1 aliphatic heterocycles. The van der Waals surface area contributed by atoms with Gasteiger partial charge in [-0.15, -0.1) is 0 Å². The first-order chi connectivity index (χ1) is 12.2. The molecule has 6 heteroatoms. The quantitative estimate of drug-likeness (QED) is 0.725. The Morgan fingerprint density at radius 1 is 1.19 bits per heavy atom. The molecule has 4 unspecified atom stereocenters. The van der Waals surface area contributed by atoms with Crippen molar-refractivity contribution in [2.75, 3.05) is 27.2 Å².